The fourth-order valence-corrected chi connectivity index (χ4v) is 1.17. The Morgan fingerprint density at radius 1 is 1.53 bits per heavy atom. The highest BCUT2D eigenvalue weighted by Gasteiger charge is 2.10. The zero-order chi connectivity index (χ0) is 11.3. The average Bonchev–Trinajstić information content (AvgIpc) is 2.17. The molecular weight excluding hydrogens is 197 g/mol. The second-order valence-corrected chi connectivity index (χ2v) is 3.27. The lowest BCUT2D eigenvalue weighted by Gasteiger charge is -2.05. The first kappa shape index (κ1) is 11.5. The minimum Gasteiger partial charge on any atom is -0.507 e. The maximum atomic E-state index is 12.6. The number of nitrogens with one attached hydrogen (secondary N) is 1. The molecule has 1 aromatic carbocycles. The van der Waals surface area contributed by atoms with E-state index in [0.717, 1.165) is 25.0 Å². The molecule has 4 heteroatoms. The topological polar surface area (TPSA) is 49.3 Å². The molecule has 0 saturated heterocycles. The quantitative estimate of drug-likeness (QED) is 0.749. The molecule has 0 atom stereocenters. The van der Waals surface area contributed by atoms with Crippen molar-refractivity contribution in [3.8, 4) is 5.75 Å². The maximum absolute atomic E-state index is 12.6. The number of phenolic OH excluding ortho intramolecular Hbond substituents is 1. The number of hydrogen-bond acceptors (Lipinski definition) is 2. The SMILES string of the molecule is CCCCNC(=O)c1ccc(F)cc1O. The third-order valence-corrected chi connectivity index (χ3v) is 2.02. The van der Waals surface area contributed by atoms with E-state index in [1.165, 1.54) is 6.07 Å². The van der Waals surface area contributed by atoms with Gasteiger partial charge in [-0.15, -0.1) is 0 Å². The molecule has 1 amide bonds. The molecule has 0 spiro atoms. The van der Waals surface area contributed by atoms with Gasteiger partial charge in [-0.2, -0.15) is 0 Å². The molecule has 15 heavy (non-hydrogen) atoms. The first-order chi connectivity index (χ1) is 7.15. The second-order valence-electron chi connectivity index (χ2n) is 3.27. The fourth-order valence-electron chi connectivity index (χ4n) is 1.17. The second kappa shape index (κ2) is 5.34. The van der Waals surface area contributed by atoms with Crippen LogP contribution in [-0.4, -0.2) is 17.6 Å². The molecule has 0 saturated carbocycles. The summed E-state index contributed by atoms with van der Waals surface area (Å²) >= 11 is 0. The summed E-state index contributed by atoms with van der Waals surface area (Å²) in [6.45, 7) is 2.58. The highest BCUT2D eigenvalue weighted by Crippen LogP contribution is 2.17. The summed E-state index contributed by atoms with van der Waals surface area (Å²) in [6, 6.07) is 3.34. The Kier molecular flexibility index (Phi) is 4.09. The smallest absolute Gasteiger partial charge is 0.255 e. The Hall–Kier alpha value is -1.58. The van der Waals surface area contributed by atoms with Crippen molar-refractivity contribution < 1.29 is 14.3 Å². The van der Waals surface area contributed by atoms with Crippen LogP contribution in [0.5, 0.6) is 5.75 Å². The van der Waals surface area contributed by atoms with Gasteiger partial charge in [0.2, 0.25) is 0 Å². The van der Waals surface area contributed by atoms with Crippen molar-refractivity contribution in [2.24, 2.45) is 0 Å². The Balaban J connectivity index is 2.65. The summed E-state index contributed by atoms with van der Waals surface area (Å²) < 4.78 is 12.6. The van der Waals surface area contributed by atoms with E-state index in [4.69, 9.17) is 0 Å². The minimum absolute atomic E-state index is 0.104. The first-order valence-electron chi connectivity index (χ1n) is 4.92. The third-order valence-electron chi connectivity index (χ3n) is 2.02. The number of rotatable bonds is 4. The van der Waals surface area contributed by atoms with Crippen LogP contribution in [-0.2, 0) is 0 Å². The van der Waals surface area contributed by atoms with E-state index >= 15 is 0 Å². The van der Waals surface area contributed by atoms with Crippen LogP contribution in [0.1, 0.15) is 30.1 Å². The third kappa shape index (κ3) is 3.23. The molecule has 0 aliphatic rings. The number of unbranched alkanes of at least 4 members (excludes halogenated alkanes) is 1. The zero-order valence-corrected chi connectivity index (χ0v) is 8.59. The lowest BCUT2D eigenvalue weighted by Crippen LogP contribution is -2.24. The number of amides is 1. The van der Waals surface area contributed by atoms with Gasteiger partial charge in [0.05, 0.1) is 5.56 Å². The van der Waals surface area contributed by atoms with E-state index in [9.17, 15) is 14.3 Å². The van der Waals surface area contributed by atoms with Gasteiger partial charge in [0.15, 0.2) is 0 Å². The van der Waals surface area contributed by atoms with Gasteiger partial charge in [0.25, 0.3) is 5.91 Å². The van der Waals surface area contributed by atoms with Crippen LogP contribution in [0.3, 0.4) is 0 Å². The van der Waals surface area contributed by atoms with E-state index in [2.05, 4.69) is 5.32 Å². The van der Waals surface area contributed by atoms with Crippen molar-refractivity contribution in [3.05, 3.63) is 29.6 Å². The van der Waals surface area contributed by atoms with Crippen LogP contribution in [0.15, 0.2) is 18.2 Å². The summed E-state index contributed by atoms with van der Waals surface area (Å²) in [6.07, 6.45) is 1.86. The van der Waals surface area contributed by atoms with E-state index in [0.29, 0.717) is 6.54 Å². The molecule has 0 unspecified atom stereocenters. The Morgan fingerprint density at radius 3 is 2.87 bits per heavy atom. The van der Waals surface area contributed by atoms with Gasteiger partial charge < -0.3 is 10.4 Å². The predicted molar refractivity (Wildman–Crippen MR) is 55.3 cm³/mol. The highest BCUT2D eigenvalue weighted by atomic mass is 19.1. The van der Waals surface area contributed by atoms with Crippen LogP contribution in [0.2, 0.25) is 0 Å². The highest BCUT2D eigenvalue weighted by molar-refractivity contribution is 5.96. The lowest BCUT2D eigenvalue weighted by molar-refractivity contribution is 0.0950. The normalized spacial score (nSPS) is 10.0. The van der Waals surface area contributed by atoms with E-state index < -0.39 is 5.82 Å². The molecule has 3 nitrogen and oxygen atoms in total. The molecule has 0 aliphatic carbocycles. The summed E-state index contributed by atoms with van der Waals surface area (Å²) in [4.78, 5) is 11.5. The van der Waals surface area contributed by atoms with Crippen LogP contribution in [0.25, 0.3) is 0 Å². The van der Waals surface area contributed by atoms with Crippen LogP contribution < -0.4 is 5.32 Å². The van der Waals surface area contributed by atoms with Gasteiger partial charge >= 0.3 is 0 Å². The number of carbonyl (C=O) groups excluding carboxylic acids is 1. The number of halogens is 1. The van der Waals surface area contributed by atoms with Crippen LogP contribution >= 0.6 is 0 Å². The predicted octanol–water partition coefficient (Wildman–Crippen LogP) is 2.06. The largest absolute Gasteiger partial charge is 0.507 e. The number of carbonyl (C=O) groups is 1. The first-order valence-corrected chi connectivity index (χ1v) is 4.92. The Bertz CT molecular complexity index is 352. The van der Waals surface area contributed by atoms with Gasteiger partial charge in [0.1, 0.15) is 11.6 Å². The number of phenols is 1. The average molecular weight is 211 g/mol. The summed E-state index contributed by atoms with van der Waals surface area (Å²) in [5.74, 6) is -1.26. The molecule has 2 N–H and O–H groups in total. The Morgan fingerprint density at radius 2 is 2.27 bits per heavy atom. The molecule has 82 valence electrons. The van der Waals surface area contributed by atoms with Gasteiger partial charge in [-0.3, -0.25) is 4.79 Å². The molecule has 0 bridgehead atoms. The monoisotopic (exact) mass is 211 g/mol. The molecule has 0 aliphatic heterocycles. The standard InChI is InChI=1S/C11H14FNO2/c1-2-3-6-13-11(15)9-5-4-8(12)7-10(9)14/h4-5,7,14H,2-3,6H2,1H3,(H,13,15). The van der Waals surface area contributed by atoms with Crippen molar-refractivity contribution in [3.63, 3.8) is 0 Å². The molecule has 0 radical (unpaired) electrons. The fraction of sp³-hybridized carbons (Fsp3) is 0.364. The number of benzene rings is 1. The zero-order valence-electron chi connectivity index (χ0n) is 8.59. The summed E-state index contributed by atoms with van der Waals surface area (Å²) in [5, 5.41) is 12.0. The molecule has 1 aromatic rings. The van der Waals surface area contributed by atoms with E-state index in [1.54, 1.807) is 0 Å². The molecular formula is C11H14FNO2. The lowest BCUT2D eigenvalue weighted by atomic mass is 10.2. The van der Waals surface area contributed by atoms with Crippen molar-refractivity contribution in [2.75, 3.05) is 6.54 Å². The summed E-state index contributed by atoms with van der Waals surface area (Å²) in [5.41, 5.74) is 0.104. The molecule has 0 heterocycles. The van der Waals surface area contributed by atoms with Crippen molar-refractivity contribution in [2.45, 2.75) is 19.8 Å². The summed E-state index contributed by atoms with van der Waals surface area (Å²) in [7, 11) is 0. The molecule has 0 aromatic heterocycles. The van der Waals surface area contributed by atoms with Crippen molar-refractivity contribution in [1.82, 2.24) is 5.32 Å². The molecule has 0 fully saturated rings. The van der Waals surface area contributed by atoms with Gasteiger partial charge in [-0.05, 0) is 18.6 Å². The van der Waals surface area contributed by atoms with Gasteiger partial charge in [0, 0.05) is 12.6 Å². The van der Waals surface area contributed by atoms with E-state index in [-0.39, 0.29) is 17.2 Å². The number of aromatic hydroxyl groups is 1. The van der Waals surface area contributed by atoms with Gasteiger partial charge in [-0.25, -0.2) is 4.39 Å². The molecule has 1 rings (SSSR count). The minimum atomic E-state index is -0.558. The van der Waals surface area contributed by atoms with Crippen molar-refractivity contribution >= 4 is 5.91 Å². The van der Waals surface area contributed by atoms with Crippen LogP contribution in [0.4, 0.5) is 4.39 Å². The van der Waals surface area contributed by atoms with Gasteiger partial charge in [-0.1, -0.05) is 13.3 Å². The van der Waals surface area contributed by atoms with Crippen molar-refractivity contribution in [1.29, 1.82) is 0 Å². The number of hydrogen-bond donors (Lipinski definition) is 2. The van der Waals surface area contributed by atoms with Crippen LogP contribution in [0, 0.1) is 5.82 Å². The Labute approximate surface area is 87.9 Å². The maximum Gasteiger partial charge on any atom is 0.255 e. The van der Waals surface area contributed by atoms with E-state index in [1.807, 2.05) is 6.92 Å².